The van der Waals surface area contributed by atoms with Crippen LogP contribution >= 0.6 is 11.3 Å². The maximum Gasteiger partial charge on any atom is 0.253 e. The molecule has 0 spiro atoms. The zero-order valence-electron chi connectivity index (χ0n) is 13.4. The van der Waals surface area contributed by atoms with E-state index in [1.807, 2.05) is 27.7 Å². The minimum atomic E-state index is -1.17. The monoisotopic (exact) mass is 326 g/mol. The number of thiophene rings is 1. The van der Waals surface area contributed by atoms with Crippen molar-refractivity contribution in [3.05, 3.63) is 16.0 Å². The van der Waals surface area contributed by atoms with Crippen LogP contribution in [0.25, 0.3) is 0 Å². The predicted molar refractivity (Wildman–Crippen MR) is 85.0 cm³/mol. The van der Waals surface area contributed by atoms with Crippen LogP contribution < -0.4 is 11.1 Å². The zero-order valence-corrected chi connectivity index (χ0v) is 14.3. The Morgan fingerprint density at radius 3 is 2.45 bits per heavy atom. The predicted octanol–water partition coefficient (Wildman–Crippen LogP) is 1.75. The molecular weight excluding hydrogens is 304 g/mol. The topological polar surface area (TPSA) is 102 Å². The van der Waals surface area contributed by atoms with Crippen LogP contribution in [0.3, 0.4) is 0 Å². The van der Waals surface area contributed by atoms with Crippen molar-refractivity contribution in [1.29, 1.82) is 0 Å². The molecular formula is C15H22N2O4S. The molecule has 0 aromatic carbocycles. The molecule has 1 aromatic heterocycles. The summed E-state index contributed by atoms with van der Waals surface area (Å²) in [6, 6.07) is 0. The second-order valence-electron chi connectivity index (χ2n) is 6.69. The zero-order chi connectivity index (χ0) is 16.9. The number of primary amides is 1. The summed E-state index contributed by atoms with van der Waals surface area (Å²) in [5.74, 6) is -1.16. The van der Waals surface area contributed by atoms with Crippen molar-refractivity contribution in [2.75, 3.05) is 5.32 Å². The Kier molecular flexibility index (Phi) is 4.10. The maximum atomic E-state index is 11.9. The quantitative estimate of drug-likeness (QED) is 0.787. The molecule has 4 N–H and O–H groups in total. The van der Waals surface area contributed by atoms with Gasteiger partial charge < -0.3 is 20.9 Å². The van der Waals surface area contributed by atoms with E-state index >= 15 is 0 Å². The molecule has 0 bridgehead atoms. The summed E-state index contributed by atoms with van der Waals surface area (Å²) in [5.41, 5.74) is 5.64. The van der Waals surface area contributed by atoms with Gasteiger partial charge in [0, 0.05) is 11.3 Å². The number of hydrogen-bond donors (Lipinski definition) is 3. The van der Waals surface area contributed by atoms with Crippen LogP contribution in [0, 0.1) is 0 Å². The summed E-state index contributed by atoms with van der Waals surface area (Å²) in [7, 11) is 0. The third kappa shape index (κ3) is 3.02. The Morgan fingerprint density at radius 1 is 1.36 bits per heavy atom. The van der Waals surface area contributed by atoms with Crippen molar-refractivity contribution < 1.29 is 19.4 Å². The van der Waals surface area contributed by atoms with Crippen LogP contribution in [0.4, 0.5) is 5.00 Å². The summed E-state index contributed by atoms with van der Waals surface area (Å²) < 4.78 is 6.08. The van der Waals surface area contributed by atoms with Crippen molar-refractivity contribution >= 4 is 28.2 Å². The summed E-state index contributed by atoms with van der Waals surface area (Å²) in [4.78, 5) is 24.5. The molecule has 0 unspecified atom stereocenters. The summed E-state index contributed by atoms with van der Waals surface area (Å²) in [6.45, 7) is 9.12. The summed E-state index contributed by atoms with van der Waals surface area (Å²) in [6.07, 6.45) is -0.633. The lowest BCUT2D eigenvalue weighted by Gasteiger charge is -2.41. The highest BCUT2D eigenvalue weighted by Gasteiger charge is 2.42. The van der Waals surface area contributed by atoms with Gasteiger partial charge in [0.1, 0.15) is 11.1 Å². The molecule has 22 heavy (non-hydrogen) atoms. The third-order valence-electron chi connectivity index (χ3n) is 3.55. The molecule has 7 heteroatoms. The first kappa shape index (κ1) is 16.9. The van der Waals surface area contributed by atoms with Crippen molar-refractivity contribution in [3.8, 4) is 0 Å². The summed E-state index contributed by atoms with van der Waals surface area (Å²) in [5, 5.41) is 12.3. The molecule has 0 aliphatic carbocycles. The van der Waals surface area contributed by atoms with E-state index in [9.17, 15) is 14.7 Å². The van der Waals surface area contributed by atoms with Crippen molar-refractivity contribution in [3.63, 3.8) is 0 Å². The number of carbonyl (C=O) groups is 2. The lowest BCUT2D eigenvalue weighted by atomic mass is 9.86. The van der Waals surface area contributed by atoms with Crippen LogP contribution in [0.2, 0.25) is 0 Å². The van der Waals surface area contributed by atoms with E-state index in [4.69, 9.17) is 10.5 Å². The molecule has 1 atom stereocenters. The van der Waals surface area contributed by atoms with Gasteiger partial charge in [0.25, 0.3) is 11.8 Å². The Balaban J connectivity index is 2.58. The average molecular weight is 326 g/mol. The van der Waals surface area contributed by atoms with Gasteiger partial charge in [0.15, 0.2) is 0 Å². The van der Waals surface area contributed by atoms with E-state index in [1.54, 1.807) is 0 Å². The van der Waals surface area contributed by atoms with Crippen molar-refractivity contribution in [2.45, 2.75) is 58.3 Å². The number of carbonyl (C=O) groups excluding carboxylic acids is 2. The lowest BCUT2D eigenvalue weighted by Crippen LogP contribution is -2.42. The minimum Gasteiger partial charge on any atom is -0.384 e. The lowest BCUT2D eigenvalue weighted by molar-refractivity contribution is -0.135. The van der Waals surface area contributed by atoms with Gasteiger partial charge in [0.05, 0.1) is 16.8 Å². The number of ether oxygens (including phenoxy) is 1. The molecule has 6 nitrogen and oxygen atoms in total. The number of fused-ring (bicyclic) bond motifs is 1. The molecule has 0 saturated heterocycles. The number of nitrogens with two attached hydrogens (primary N) is 1. The van der Waals surface area contributed by atoms with Crippen LogP contribution in [-0.2, 0) is 21.6 Å². The van der Waals surface area contributed by atoms with Gasteiger partial charge in [-0.05, 0) is 40.2 Å². The molecule has 122 valence electrons. The molecule has 2 amide bonds. The SMILES string of the molecule is C[C@H](O)C(=O)Nc1sc2c(c1C(N)=O)CC(C)(C)OC2(C)C. The third-order valence-corrected chi connectivity index (χ3v) is 5.00. The Labute approximate surface area is 133 Å². The van der Waals surface area contributed by atoms with Crippen LogP contribution in [0.5, 0.6) is 0 Å². The number of amides is 2. The van der Waals surface area contributed by atoms with Crippen molar-refractivity contribution in [1.82, 2.24) is 0 Å². The second kappa shape index (κ2) is 5.33. The molecule has 1 aliphatic rings. The Hall–Kier alpha value is -1.44. The number of anilines is 1. The fourth-order valence-corrected chi connectivity index (χ4v) is 4.15. The van der Waals surface area contributed by atoms with Gasteiger partial charge >= 0.3 is 0 Å². The number of aliphatic hydroxyl groups is 1. The molecule has 0 radical (unpaired) electrons. The van der Waals surface area contributed by atoms with Crippen LogP contribution in [0.1, 0.15) is 55.4 Å². The number of hydrogen-bond acceptors (Lipinski definition) is 5. The number of aliphatic hydroxyl groups excluding tert-OH is 1. The molecule has 0 saturated carbocycles. The normalized spacial score (nSPS) is 20.1. The highest BCUT2D eigenvalue weighted by molar-refractivity contribution is 7.17. The average Bonchev–Trinajstić information content (AvgIpc) is 2.65. The van der Waals surface area contributed by atoms with Gasteiger partial charge in [0.2, 0.25) is 0 Å². The highest BCUT2D eigenvalue weighted by Crippen LogP contribution is 2.48. The minimum absolute atomic E-state index is 0.318. The van der Waals surface area contributed by atoms with Gasteiger partial charge in [-0.1, -0.05) is 0 Å². The van der Waals surface area contributed by atoms with Crippen LogP contribution in [-0.4, -0.2) is 28.6 Å². The first-order valence-corrected chi connectivity index (χ1v) is 7.91. The molecule has 0 fully saturated rings. The second-order valence-corrected chi connectivity index (χ2v) is 7.71. The first-order chi connectivity index (χ1) is 9.94. The van der Waals surface area contributed by atoms with E-state index in [0.717, 1.165) is 10.4 Å². The largest absolute Gasteiger partial charge is 0.384 e. The van der Waals surface area contributed by atoms with E-state index in [0.29, 0.717) is 17.0 Å². The molecule has 1 aliphatic heterocycles. The fourth-order valence-electron chi connectivity index (χ4n) is 2.88. The number of nitrogens with one attached hydrogen (secondary N) is 1. The first-order valence-electron chi connectivity index (χ1n) is 7.09. The van der Waals surface area contributed by atoms with E-state index in [1.165, 1.54) is 18.3 Å². The van der Waals surface area contributed by atoms with E-state index in [-0.39, 0.29) is 0 Å². The van der Waals surface area contributed by atoms with Gasteiger partial charge in [-0.15, -0.1) is 11.3 Å². The fraction of sp³-hybridized carbons (Fsp3) is 0.600. The molecule has 2 rings (SSSR count). The van der Waals surface area contributed by atoms with Crippen LogP contribution in [0.15, 0.2) is 0 Å². The summed E-state index contributed by atoms with van der Waals surface area (Å²) >= 11 is 1.27. The maximum absolute atomic E-state index is 11.9. The Bertz CT molecular complexity index is 632. The molecule has 1 aromatic rings. The molecule has 2 heterocycles. The van der Waals surface area contributed by atoms with Gasteiger partial charge in [-0.3, -0.25) is 9.59 Å². The standard InChI is InChI=1S/C15H22N2O4S/c1-7(18)12(20)17-13-9(11(16)19)8-6-14(2,3)21-15(4,5)10(8)22-13/h7,18H,6H2,1-5H3,(H2,16,19)(H,17,20)/t7-/m0/s1. The van der Waals surface area contributed by atoms with Gasteiger partial charge in [-0.25, -0.2) is 0 Å². The van der Waals surface area contributed by atoms with E-state index in [2.05, 4.69) is 5.32 Å². The Morgan fingerprint density at radius 2 is 1.95 bits per heavy atom. The highest BCUT2D eigenvalue weighted by atomic mass is 32.1. The number of rotatable bonds is 3. The van der Waals surface area contributed by atoms with Gasteiger partial charge in [-0.2, -0.15) is 0 Å². The van der Waals surface area contributed by atoms with E-state index < -0.39 is 29.1 Å². The van der Waals surface area contributed by atoms with Crippen molar-refractivity contribution in [2.24, 2.45) is 5.73 Å². The smallest absolute Gasteiger partial charge is 0.253 e.